The molecule has 1 saturated heterocycles. The van der Waals surface area contributed by atoms with Gasteiger partial charge in [0.25, 0.3) is 5.91 Å². The number of benzene rings is 1. The van der Waals surface area contributed by atoms with Crippen LogP contribution in [0.2, 0.25) is 0 Å². The van der Waals surface area contributed by atoms with Gasteiger partial charge in [-0.05, 0) is 37.0 Å². The Bertz CT molecular complexity index is 554. The molecule has 0 radical (unpaired) electrons. The topological polar surface area (TPSA) is 69.6 Å². The second-order valence-electron chi connectivity index (χ2n) is 5.75. The Kier molecular flexibility index (Phi) is 4.50. The van der Waals surface area contributed by atoms with Crippen molar-refractivity contribution in [1.29, 1.82) is 0 Å². The molecule has 1 aromatic rings. The number of amides is 2. The fraction of sp³-hybridized carbons (Fsp3) is 0.500. The minimum absolute atomic E-state index is 0.0249. The lowest BCUT2D eigenvalue weighted by Crippen LogP contribution is -2.45. The van der Waals surface area contributed by atoms with E-state index in [1.54, 1.807) is 19.1 Å². The van der Waals surface area contributed by atoms with E-state index >= 15 is 0 Å². The summed E-state index contributed by atoms with van der Waals surface area (Å²) in [4.78, 5) is 25.9. The standard InChI is InChI=1S/C16H22N2O3/c1-10(2)12-5-6-13(14(19)9-12)16(21)18-8-4-7-17-15(20)11(18)3/h5-6,9-11,19H,4,7-8H2,1-3H3,(H,17,20). The fourth-order valence-corrected chi connectivity index (χ4v) is 2.46. The maximum absolute atomic E-state index is 12.6. The van der Waals surface area contributed by atoms with Crippen LogP contribution < -0.4 is 5.32 Å². The first-order valence-corrected chi connectivity index (χ1v) is 7.33. The summed E-state index contributed by atoms with van der Waals surface area (Å²) in [6.45, 7) is 6.84. The van der Waals surface area contributed by atoms with Gasteiger partial charge in [0.2, 0.25) is 5.91 Å². The number of aromatic hydroxyl groups is 1. The van der Waals surface area contributed by atoms with E-state index in [9.17, 15) is 14.7 Å². The largest absolute Gasteiger partial charge is 0.507 e. The highest BCUT2D eigenvalue weighted by molar-refractivity contribution is 5.99. The van der Waals surface area contributed by atoms with Crippen LogP contribution in [0.5, 0.6) is 5.75 Å². The van der Waals surface area contributed by atoms with E-state index in [2.05, 4.69) is 5.32 Å². The van der Waals surface area contributed by atoms with E-state index in [1.807, 2.05) is 19.9 Å². The van der Waals surface area contributed by atoms with E-state index in [4.69, 9.17) is 0 Å². The van der Waals surface area contributed by atoms with Gasteiger partial charge in [-0.2, -0.15) is 0 Å². The third-order valence-electron chi connectivity index (χ3n) is 3.90. The van der Waals surface area contributed by atoms with E-state index in [0.29, 0.717) is 19.5 Å². The average Bonchev–Trinajstić information content (AvgIpc) is 2.61. The van der Waals surface area contributed by atoms with Gasteiger partial charge in [0, 0.05) is 13.1 Å². The molecule has 0 aromatic heterocycles. The number of phenolic OH excluding ortho intramolecular Hbond substituents is 1. The van der Waals surface area contributed by atoms with Gasteiger partial charge >= 0.3 is 0 Å². The van der Waals surface area contributed by atoms with Crippen LogP contribution >= 0.6 is 0 Å². The van der Waals surface area contributed by atoms with Gasteiger partial charge in [0.1, 0.15) is 11.8 Å². The molecule has 114 valence electrons. The molecule has 0 aliphatic carbocycles. The quantitative estimate of drug-likeness (QED) is 0.873. The third kappa shape index (κ3) is 3.17. The molecule has 2 amide bonds. The van der Waals surface area contributed by atoms with Crippen LogP contribution in [0.3, 0.4) is 0 Å². The maximum Gasteiger partial charge on any atom is 0.258 e. The number of carbonyl (C=O) groups is 2. The molecule has 1 aromatic carbocycles. The summed E-state index contributed by atoms with van der Waals surface area (Å²) in [6.07, 6.45) is 0.715. The molecule has 1 unspecified atom stereocenters. The van der Waals surface area contributed by atoms with Crippen LogP contribution in [0.25, 0.3) is 0 Å². The first kappa shape index (κ1) is 15.4. The number of rotatable bonds is 2. The van der Waals surface area contributed by atoms with Crippen molar-refractivity contribution in [1.82, 2.24) is 10.2 Å². The first-order valence-electron chi connectivity index (χ1n) is 7.33. The van der Waals surface area contributed by atoms with Crippen LogP contribution in [0.4, 0.5) is 0 Å². The second kappa shape index (κ2) is 6.16. The first-order chi connectivity index (χ1) is 9.91. The number of hydrogen-bond acceptors (Lipinski definition) is 3. The van der Waals surface area contributed by atoms with Gasteiger partial charge in [-0.25, -0.2) is 0 Å². The summed E-state index contributed by atoms with van der Waals surface area (Å²) in [5.74, 6) is -0.197. The van der Waals surface area contributed by atoms with Crippen molar-refractivity contribution in [2.75, 3.05) is 13.1 Å². The molecule has 0 saturated carbocycles. The summed E-state index contributed by atoms with van der Waals surface area (Å²) in [5, 5.41) is 12.9. The number of carbonyl (C=O) groups excluding carboxylic acids is 2. The highest BCUT2D eigenvalue weighted by Gasteiger charge is 2.29. The summed E-state index contributed by atoms with van der Waals surface area (Å²) >= 11 is 0. The molecule has 5 heteroatoms. The lowest BCUT2D eigenvalue weighted by molar-refractivity contribution is -0.124. The molecular formula is C16H22N2O3. The zero-order valence-electron chi connectivity index (χ0n) is 12.7. The molecule has 1 heterocycles. The Morgan fingerprint density at radius 1 is 1.43 bits per heavy atom. The van der Waals surface area contributed by atoms with Crippen LogP contribution in [-0.4, -0.2) is 41.0 Å². The zero-order chi connectivity index (χ0) is 15.6. The summed E-state index contributed by atoms with van der Waals surface area (Å²) < 4.78 is 0. The number of nitrogens with zero attached hydrogens (tertiary/aromatic N) is 1. The minimum Gasteiger partial charge on any atom is -0.507 e. The van der Waals surface area contributed by atoms with Gasteiger partial charge in [0.05, 0.1) is 5.56 Å². The molecule has 1 aliphatic rings. The number of phenols is 1. The second-order valence-corrected chi connectivity index (χ2v) is 5.75. The van der Waals surface area contributed by atoms with Crippen molar-refractivity contribution in [2.24, 2.45) is 0 Å². The lowest BCUT2D eigenvalue weighted by atomic mass is 10.00. The molecule has 2 rings (SSSR count). The zero-order valence-corrected chi connectivity index (χ0v) is 12.7. The van der Waals surface area contributed by atoms with E-state index in [1.165, 1.54) is 4.90 Å². The van der Waals surface area contributed by atoms with Crippen molar-refractivity contribution in [2.45, 2.75) is 39.2 Å². The van der Waals surface area contributed by atoms with Gasteiger partial charge in [0.15, 0.2) is 0 Å². The van der Waals surface area contributed by atoms with Crippen molar-refractivity contribution >= 4 is 11.8 Å². The molecule has 2 N–H and O–H groups in total. The van der Waals surface area contributed by atoms with Crippen LogP contribution in [0.1, 0.15) is 49.0 Å². The fourth-order valence-electron chi connectivity index (χ4n) is 2.46. The maximum atomic E-state index is 12.6. The Morgan fingerprint density at radius 3 is 2.76 bits per heavy atom. The highest BCUT2D eigenvalue weighted by atomic mass is 16.3. The molecule has 1 fully saturated rings. The predicted octanol–water partition coefficient (Wildman–Crippen LogP) is 1.87. The van der Waals surface area contributed by atoms with Crippen molar-refractivity contribution in [3.05, 3.63) is 29.3 Å². The van der Waals surface area contributed by atoms with E-state index < -0.39 is 6.04 Å². The van der Waals surface area contributed by atoms with E-state index in [-0.39, 0.29) is 29.0 Å². The summed E-state index contributed by atoms with van der Waals surface area (Å²) in [5.41, 5.74) is 1.23. The molecule has 0 bridgehead atoms. The third-order valence-corrected chi connectivity index (χ3v) is 3.90. The smallest absolute Gasteiger partial charge is 0.258 e. The Labute approximate surface area is 125 Å². The summed E-state index contributed by atoms with van der Waals surface area (Å²) in [6, 6.07) is 4.59. The van der Waals surface area contributed by atoms with Crippen molar-refractivity contribution < 1.29 is 14.7 Å². The number of hydrogen-bond donors (Lipinski definition) is 2. The van der Waals surface area contributed by atoms with Crippen LogP contribution in [0, 0.1) is 0 Å². The average molecular weight is 290 g/mol. The SMILES string of the molecule is CC(C)c1ccc(C(=O)N2CCCNC(=O)C2C)c(O)c1. The molecule has 1 atom stereocenters. The van der Waals surface area contributed by atoms with Crippen LogP contribution in [-0.2, 0) is 4.79 Å². The van der Waals surface area contributed by atoms with Gasteiger partial charge in [-0.3, -0.25) is 9.59 Å². The Hall–Kier alpha value is -2.04. The van der Waals surface area contributed by atoms with Crippen molar-refractivity contribution in [3.8, 4) is 5.75 Å². The Balaban J connectivity index is 2.28. The highest BCUT2D eigenvalue weighted by Crippen LogP contribution is 2.25. The molecule has 5 nitrogen and oxygen atoms in total. The van der Waals surface area contributed by atoms with Gasteiger partial charge in [-0.1, -0.05) is 19.9 Å². The molecular weight excluding hydrogens is 268 g/mol. The van der Waals surface area contributed by atoms with Gasteiger partial charge in [-0.15, -0.1) is 0 Å². The summed E-state index contributed by atoms with van der Waals surface area (Å²) in [7, 11) is 0. The molecule has 1 aliphatic heterocycles. The molecule has 21 heavy (non-hydrogen) atoms. The van der Waals surface area contributed by atoms with E-state index in [0.717, 1.165) is 5.56 Å². The number of nitrogens with one attached hydrogen (secondary N) is 1. The monoisotopic (exact) mass is 290 g/mol. The Morgan fingerprint density at radius 2 is 2.14 bits per heavy atom. The normalized spacial score (nSPS) is 19.3. The van der Waals surface area contributed by atoms with Crippen molar-refractivity contribution in [3.63, 3.8) is 0 Å². The lowest BCUT2D eigenvalue weighted by Gasteiger charge is -2.26. The van der Waals surface area contributed by atoms with Gasteiger partial charge < -0.3 is 15.3 Å². The minimum atomic E-state index is -0.524. The van der Waals surface area contributed by atoms with Crippen LogP contribution in [0.15, 0.2) is 18.2 Å². The molecule has 0 spiro atoms. The predicted molar refractivity (Wildman–Crippen MR) is 80.3 cm³/mol.